The molecular formula is C17H18ClN5S. The van der Waals surface area contributed by atoms with Crippen molar-refractivity contribution in [3.05, 3.63) is 65.7 Å². The summed E-state index contributed by atoms with van der Waals surface area (Å²) in [6, 6.07) is 18.0. The molecule has 24 heavy (non-hydrogen) atoms. The summed E-state index contributed by atoms with van der Waals surface area (Å²) in [6.07, 6.45) is 0. The molecule has 3 N–H and O–H groups in total. The second-order valence-electron chi connectivity index (χ2n) is 5.04. The normalized spacial score (nSPS) is 11.0. The van der Waals surface area contributed by atoms with E-state index in [1.165, 1.54) is 16.9 Å². The Morgan fingerprint density at radius 3 is 2.54 bits per heavy atom. The van der Waals surface area contributed by atoms with Gasteiger partial charge in [-0.15, -0.1) is 22.6 Å². The predicted octanol–water partition coefficient (Wildman–Crippen LogP) is 3.86. The molecule has 7 heteroatoms. The Kier molecular flexibility index (Phi) is 6.28. The Morgan fingerprint density at radius 2 is 1.79 bits per heavy atom. The highest BCUT2D eigenvalue weighted by atomic mass is 35.5. The number of nitrogens with one attached hydrogen (secondary N) is 1. The molecule has 0 spiro atoms. The summed E-state index contributed by atoms with van der Waals surface area (Å²) in [5.41, 5.74) is 9.26. The molecule has 0 aliphatic rings. The van der Waals surface area contributed by atoms with Gasteiger partial charge in [0.25, 0.3) is 0 Å². The number of nitrogens with two attached hydrogens (primary N) is 1. The minimum absolute atomic E-state index is 0. The molecule has 0 saturated heterocycles. The topological polar surface area (TPSA) is 76.2 Å². The van der Waals surface area contributed by atoms with Crippen molar-refractivity contribution in [3.63, 3.8) is 0 Å². The van der Waals surface area contributed by atoms with Crippen LogP contribution in [0.15, 0.2) is 59.6 Å². The van der Waals surface area contributed by atoms with E-state index in [1.807, 2.05) is 48.5 Å². The number of rotatable bonds is 4. The third-order valence-electron chi connectivity index (χ3n) is 3.31. The van der Waals surface area contributed by atoms with Crippen molar-refractivity contribution >= 4 is 34.8 Å². The Morgan fingerprint density at radius 1 is 1.08 bits per heavy atom. The number of hydrogen-bond donors (Lipinski definition) is 2. The zero-order valence-corrected chi connectivity index (χ0v) is 14.8. The van der Waals surface area contributed by atoms with E-state index in [0.717, 1.165) is 16.1 Å². The second kappa shape index (κ2) is 8.42. The second-order valence-corrected chi connectivity index (χ2v) is 6.02. The van der Waals surface area contributed by atoms with Crippen molar-refractivity contribution in [2.75, 3.05) is 5.32 Å². The van der Waals surface area contributed by atoms with Crippen LogP contribution in [0.5, 0.6) is 0 Å². The third kappa shape index (κ3) is 4.53. The molecule has 1 heterocycles. The first-order valence-corrected chi connectivity index (χ1v) is 8.04. The highest BCUT2D eigenvalue weighted by Gasteiger charge is 2.09. The van der Waals surface area contributed by atoms with Gasteiger partial charge in [0.2, 0.25) is 5.13 Å². The quantitative estimate of drug-likeness (QED) is 0.547. The molecule has 2 aromatic carbocycles. The fourth-order valence-electron chi connectivity index (χ4n) is 2.10. The number of nitrogens with zero attached hydrogens (tertiary/aromatic N) is 3. The molecule has 1 aromatic heterocycles. The first-order valence-electron chi connectivity index (χ1n) is 7.23. The van der Waals surface area contributed by atoms with E-state index >= 15 is 0 Å². The van der Waals surface area contributed by atoms with Gasteiger partial charge in [0.1, 0.15) is 5.01 Å². The minimum atomic E-state index is 0. The van der Waals surface area contributed by atoms with Crippen molar-refractivity contribution in [1.29, 1.82) is 0 Å². The van der Waals surface area contributed by atoms with Gasteiger partial charge < -0.3 is 11.1 Å². The number of guanidine groups is 1. The molecule has 0 amide bonds. The van der Waals surface area contributed by atoms with Crippen LogP contribution in [0, 0.1) is 6.92 Å². The molecule has 0 radical (unpaired) electrons. The van der Waals surface area contributed by atoms with Gasteiger partial charge >= 0.3 is 0 Å². The molecular weight excluding hydrogens is 342 g/mol. The first kappa shape index (κ1) is 17.9. The van der Waals surface area contributed by atoms with Gasteiger partial charge in [-0.1, -0.05) is 65.9 Å². The number of aliphatic imine (C=N–C) groups is 1. The third-order valence-corrected chi connectivity index (χ3v) is 4.18. The maximum absolute atomic E-state index is 5.91. The van der Waals surface area contributed by atoms with Gasteiger partial charge in [0.15, 0.2) is 5.96 Å². The molecule has 5 nitrogen and oxygen atoms in total. The number of aryl methyl sites for hydroxylation is 1. The van der Waals surface area contributed by atoms with E-state index in [-0.39, 0.29) is 12.4 Å². The highest BCUT2D eigenvalue weighted by Crippen LogP contribution is 2.28. The number of anilines is 1. The van der Waals surface area contributed by atoms with Crippen LogP contribution in [0.2, 0.25) is 0 Å². The molecule has 0 bridgehead atoms. The van der Waals surface area contributed by atoms with E-state index < -0.39 is 0 Å². The van der Waals surface area contributed by atoms with Gasteiger partial charge in [-0.25, -0.2) is 4.99 Å². The van der Waals surface area contributed by atoms with Gasteiger partial charge in [0, 0.05) is 5.56 Å². The lowest BCUT2D eigenvalue weighted by molar-refractivity contribution is 1.05. The van der Waals surface area contributed by atoms with Gasteiger partial charge in [-0.3, -0.25) is 0 Å². The van der Waals surface area contributed by atoms with Crippen molar-refractivity contribution in [2.45, 2.75) is 13.5 Å². The van der Waals surface area contributed by atoms with Crippen LogP contribution in [-0.2, 0) is 6.54 Å². The standard InChI is InChI=1S/C17H17N5S.ClH/c1-12-7-5-6-10-14(12)15-21-22-17(23-15)20-16(18)19-11-13-8-3-2-4-9-13;/h2-10H,11H2,1H3,(H3,18,19,20,22);1H. The molecule has 0 aliphatic carbocycles. The summed E-state index contributed by atoms with van der Waals surface area (Å²) in [5.74, 6) is 0.335. The van der Waals surface area contributed by atoms with E-state index in [9.17, 15) is 0 Å². The molecule has 0 atom stereocenters. The molecule has 3 rings (SSSR count). The van der Waals surface area contributed by atoms with Crippen molar-refractivity contribution in [1.82, 2.24) is 10.2 Å². The van der Waals surface area contributed by atoms with Crippen LogP contribution in [0.4, 0.5) is 5.13 Å². The van der Waals surface area contributed by atoms with Gasteiger partial charge in [-0.2, -0.15) is 0 Å². The van der Waals surface area contributed by atoms with E-state index in [0.29, 0.717) is 17.6 Å². The molecule has 0 fully saturated rings. The SMILES string of the molecule is Cc1ccccc1-c1nnc(NC(N)=NCc2ccccc2)s1.Cl. The Balaban J connectivity index is 0.00000208. The van der Waals surface area contributed by atoms with Crippen molar-refractivity contribution in [3.8, 4) is 10.6 Å². The fourth-order valence-corrected chi connectivity index (χ4v) is 2.95. The van der Waals surface area contributed by atoms with Gasteiger partial charge in [0.05, 0.1) is 6.54 Å². The fraction of sp³-hybridized carbons (Fsp3) is 0.118. The van der Waals surface area contributed by atoms with E-state index in [2.05, 4.69) is 33.5 Å². The van der Waals surface area contributed by atoms with E-state index in [1.54, 1.807) is 0 Å². The van der Waals surface area contributed by atoms with Crippen LogP contribution in [0.3, 0.4) is 0 Å². The molecule has 0 saturated carbocycles. The van der Waals surface area contributed by atoms with Crippen LogP contribution in [-0.4, -0.2) is 16.2 Å². The lowest BCUT2D eigenvalue weighted by Gasteiger charge is -2.01. The Labute approximate surface area is 151 Å². The number of aromatic nitrogens is 2. The Bertz CT molecular complexity index is 817. The van der Waals surface area contributed by atoms with Crippen molar-refractivity contribution in [2.24, 2.45) is 10.7 Å². The van der Waals surface area contributed by atoms with Crippen LogP contribution < -0.4 is 11.1 Å². The average Bonchev–Trinajstić information content (AvgIpc) is 3.02. The van der Waals surface area contributed by atoms with Gasteiger partial charge in [-0.05, 0) is 18.1 Å². The number of hydrogen-bond acceptors (Lipinski definition) is 4. The van der Waals surface area contributed by atoms with Crippen LogP contribution in [0.25, 0.3) is 10.6 Å². The first-order chi connectivity index (χ1) is 11.2. The summed E-state index contributed by atoms with van der Waals surface area (Å²) >= 11 is 1.46. The zero-order valence-electron chi connectivity index (χ0n) is 13.1. The lowest BCUT2D eigenvalue weighted by atomic mass is 10.1. The predicted molar refractivity (Wildman–Crippen MR) is 103 cm³/mol. The summed E-state index contributed by atoms with van der Waals surface area (Å²) in [7, 11) is 0. The monoisotopic (exact) mass is 359 g/mol. The number of benzene rings is 2. The molecule has 0 aliphatic heterocycles. The van der Waals surface area contributed by atoms with E-state index in [4.69, 9.17) is 5.73 Å². The molecule has 3 aromatic rings. The minimum Gasteiger partial charge on any atom is -0.370 e. The zero-order chi connectivity index (χ0) is 16.1. The summed E-state index contributed by atoms with van der Waals surface area (Å²) in [4.78, 5) is 4.31. The average molecular weight is 360 g/mol. The smallest absolute Gasteiger partial charge is 0.212 e. The Hall–Kier alpha value is -2.44. The largest absolute Gasteiger partial charge is 0.370 e. The molecule has 124 valence electrons. The highest BCUT2D eigenvalue weighted by molar-refractivity contribution is 7.18. The maximum Gasteiger partial charge on any atom is 0.212 e. The van der Waals surface area contributed by atoms with Crippen LogP contribution >= 0.6 is 23.7 Å². The summed E-state index contributed by atoms with van der Waals surface area (Å²) in [5, 5.41) is 12.8. The maximum atomic E-state index is 5.91. The summed E-state index contributed by atoms with van der Waals surface area (Å²) in [6.45, 7) is 2.59. The number of halogens is 1. The summed E-state index contributed by atoms with van der Waals surface area (Å²) < 4.78 is 0. The molecule has 0 unspecified atom stereocenters. The van der Waals surface area contributed by atoms with Crippen LogP contribution in [0.1, 0.15) is 11.1 Å². The van der Waals surface area contributed by atoms with Crippen molar-refractivity contribution < 1.29 is 0 Å². The lowest BCUT2D eigenvalue weighted by Crippen LogP contribution is -2.22.